The van der Waals surface area contributed by atoms with Crippen LogP contribution in [0.15, 0.2) is 22.7 Å². The summed E-state index contributed by atoms with van der Waals surface area (Å²) in [7, 11) is 0. The predicted octanol–water partition coefficient (Wildman–Crippen LogP) is 2.79. The Morgan fingerprint density at radius 2 is 2.38 bits per heavy atom. The van der Waals surface area contributed by atoms with Gasteiger partial charge in [0.2, 0.25) is 5.91 Å². The van der Waals surface area contributed by atoms with Gasteiger partial charge < -0.3 is 10.6 Å². The molecule has 86 valence electrons. The average Bonchev–Trinajstić information content (AvgIpc) is 2.75. The standard InChI is InChI=1S/C11H12BrClN2O/c12-7-3-4-9(8(13)6-7)15-11(16)10-2-1-5-14-10/h3-4,6,10,14H,1-2,5H2,(H,15,16)/t10-/m0/s1. The fourth-order valence-corrected chi connectivity index (χ4v) is 2.44. The molecule has 1 saturated heterocycles. The minimum atomic E-state index is -0.0836. The third kappa shape index (κ3) is 2.75. The van der Waals surface area contributed by atoms with E-state index in [4.69, 9.17) is 11.6 Å². The van der Waals surface area contributed by atoms with Crippen molar-refractivity contribution in [1.29, 1.82) is 0 Å². The molecule has 2 rings (SSSR count). The Balaban J connectivity index is 2.05. The van der Waals surface area contributed by atoms with E-state index in [1.54, 1.807) is 12.1 Å². The van der Waals surface area contributed by atoms with Gasteiger partial charge in [0.05, 0.1) is 16.8 Å². The number of hydrogen-bond donors (Lipinski definition) is 2. The molecule has 5 heteroatoms. The fourth-order valence-electron chi connectivity index (χ4n) is 1.72. The van der Waals surface area contributed by atoms with Crippen molar-refractivity contribution >= 4 is 39.1 Å². The van der Waals surface area contributed by atoms with Crippen LogP contribution in [0, 0.1) is 0 Å². The summed E-state index contributed by atoms with van der Waals surface area (Å²) in [4.78, 5) is 11.8. The van der Waals surface area contributed by atoms with Crippen LogP contribution >= 0.6 is 27.5 Å². The molecule has 0 unspecified atom stereocenters. The van der Waals surface area contributed by atoms with Gasteiger partial charge in [0.25, 0.3) is 0 Å². The molecule has 0 aliphatic carbocycles. The first kappa shape index (κ1) is 11.9. The molecule has 1 heterocycles. The summed E-state index contributed by atoms with van der Waals surface area (Å²) in [5.74, 6) is -0.0123. The van der Waals surface area contributed by atoms with Crippen LogP contribution in [0.1, 0.15) is 12.8 Å². The van der Waals surface area contributed by atoms with Crippen LogP contribution in [0.25, 0.3) is 0 Å². The summed E-state index contributed by atoms with van der Waals surface area (Å²) < 4.78 is 0.898. The Labute approximate surface area is 108 Å². The van der Waals surface area contributed by atoms with Gasteiger partial charge in [0, 0.05) is 4.47 Å². The Hall–Kier alpha value is -0.580. The highest BCUT2D eigenvalue weighted by Gasteiger charge is 2.22. The van der Waals surface area contributed by atoms with Gasteiger partial charge in [-0.1, -0.05) is 27.5 Å². The van der Waals surface area contributed by atoms with E-state index in [0.29, 0.717) is 10.7 Å². The molecule has 1 aliphatic heterocycles. The highest BCUT2D eigenvalue weighted by molar-refractivity contribution is 9.10. The second kappa shape index (κ2) is 5.17. The summed E-state index contributed by atoms with van der Waals surface area (Å²) in [6, 6.07) is 5.32. The van der Waals surface area contributed by atoms with E-state index in [1.807, 2.05) is 6.07 Å². The second-order valence-electron chi connectivity index (χ2n) is 3.76. The SMILES string of the molecule is O=C(Nc1ccc(Br)cc1Cl)[C@@H]1CCCN1. The lowest BCUT2D eigenvalue weighted by Crippen LogP contribution is -2.35. The molecule has 0 saturated carbocycles. The van der Waals surface area contributed by atoms with Crippen molar-refractivity contribution in [2.45, 2.75) is 18.9 Å². The van der Waals surface area contributed by atoms with Gasteiger partial charge in [-0.15, -0.1) is 0 Å². The molecule has 0 radical (unpaired) electrons. The van der Waals surface area contributed by atoms with Crippen LogP contribution < -0.4 is 10.6 Å². The van der Waals surface area contributed by atoms with E-state index in [9.17, 15) is 4.79 Å². The number of anilines is 1. The highest BCUT2D eigenvalue weighted by Crippen LogP contribution is 2.26. The number of nitrogens with one attached hydrogen (secondary N) is 2. The van der Waals surface area contributed by atoms with Gasteiger partial charge in [-0.05, 0) is 37.6 Å². The highest BCUT2D eigenvalue weighted by atomic mass is 79.9. The fraction of sp³-hybridized carbons (Fsp3) is 0.364. The molecule has 1 amide bonds. The number of halogens is 2. The van der Waals surface area contributed by atoms with Gasteiger partial charge in [0.15, 0.2) is 0 Å². The molecular weight excluding hydrogens is 291 g/mol. The number of benzene rings is 1. The quantitative estimate of drug-likeness (QED) is 0.882. The summed E-state index contributed by atoms with van der Waals surface area (Å²) in [5.41, 5.74) is 0.656. The zero-order valence-electron chi connectivity index (χ0n) is 8.59. The normalized spacial score (nSPS) is 19.8. The third-order valence-corrected chi connectivity index (χ3v) is 3.37. The third-order valence-electron chi connectivity index (χ3n) is 2.57. The largest absolute Gasteiger partial charge is 0.323 e. The molecule has 16 heavy (non-hydrogen) atoms. The average molecular weight is 304 g/mol. The van der Waals surface area contributed by atoms with Crippen LogP contribution in [0.5, 0.6) is 0 Å². The zero-order chi connectivity index (χ0) is 11.5. The second-order valence-corrected chi connectivity index (χ2v) is 5.09. The van der Waals surface area contributed by atoms with Gasteiger partial charge in [-0.25, -0.2) is 0 Å². The number of hydrogen-bond acceptors (Lipinski definition) is 2. The molecule has 1 aromatic carbocycles. The summed E-state index contributed by atoms with van der Waals surface area (Å²) in [6.45, 7) is 0.909. The van der Waals surface area contributed by atoms with E-state index in [1.165, 1.54) is 0 Å². The number of amides is 1. The van der Waals surface area contributed by atoms with Crippen LogP contribution in [0.3, 0.4) is 0 Å². The predicted molar refractivity (Wildman–Crippen MR) is 68.8 cm³/mol. The Morgan fingerprint density at radius 3 is 3.00 bits per heavy atom. The van der Waals surface area contributed by atoms with Crippen molar-refractivity contribution in [3.8, 4) is 0 Å². The van der Waals surface area contributed by atoms with E-state index >= 15 is 0 Å². The molecule has 1 aliphatic rings. The Bertz CT molecular complexity index is 405. The smallest absolute Gasteiger partial charge is 0.241 e. The lowest BCUT2D eigenvalue weighted by Gasteiger charge is -2.12. The number of carbonyl (C=O) groups is 1. The first-order chi connectivity index (χ1) is 7.66. The molecule has 3 nitrogen and oxygen atoms in total. The van der Waals surface area contributed by atoms with Gasteiger partial charge >= 0.3 is 0 Å². The van der Waals surface area contributed by atoms with Crippen molar-refractivity contribution in [2.24, 2.45) is 0 Å². The van der Waals surface area contributed by atoms with Crippen LogP contribution in [-0.4, -0.2) is 18.5 Å². The van der Waals surface area contributed by atoms with Crippen molar-refractivity contribution < 1.29 is 4.79 Å². The first-order valence-electron chi connectivity index (χ1n) is 5.16. The van der Waals surface area contributed by atoms with E-state index in [-0.39, 0.29) is 11.9 Å². The van der Waals surface area contributed by atoms with E-state index < -0.39 is 0 Å². The molecule has 0 bridgehead atoms. The van der Waals surface area contributed by atoms with Gasteiger partial charge in [-0.3, -0.25) is 4.79 Å². The topological polar surface area (TPSA) is 41.1 Å². The molecule has 0 spiro atoms. The minimum absolute atomic E-state index is 0.0123. The molecule has 1 atom stereocenters. The van der Waals surface area contributed by atoms with Crippen LogP contribution in [0.2, 0.25) is 5.02 Å². The lowest BCUT2D eigenvalue weighted by atomic mass is 10.2. The van der Waals surface area contributed by atoms with Crippen LogP contribution in [0.4, 0.5) is 5.69 Å². The monoisotopic (exact) mass is 302 g/mol. The molecule has 1 fully saturated rings. The Kier molecular flexibility index (Phi) is 3.84. The van der Waals surface area contributed by atoms with Crippen molar-refractivity contribution in [3.05, 3.63) is 27.7 Å². The number of rotatable bonds is 2. The van der Waals surface area contributed by atoms with Crippen molar-refractivity contribution in [1.82, 2.24) is 5.32 Å². The maximum atomic E-state index is 11.8. The van der Waals surface area contributed by atoms with Crippen molar-refractivity contribution in [3.63, 3.8) is 0 Å². The molecular formula is C11H12BrClN2O. The number of carbonyl (C=O) groups excluding carboxylic acids is 1. The molecule has 0 aromatic heterocycles. The van der Waals surface area contributed by atoms with Crippen molar-refractivity contribution in [2.75, 3.05) is 11.9 Å². The Morgan fingerprint density at radius 1 is 1.56 bits per heavy atom. The molecule has 2 N–H and O–H groups in total. The molecule has 1 aromatic rings. The maximum Gasteiger partial charge on any atom is 0.241 e. The summed E-state index contributed by atoms with van der Waals surface area (Å²) in [6.07, 6.45) is 1.94. The first-order valence-corrected chi connectivity index (χ1v) is 6.33. The van der Waals surface area contributed by atoms with Crippen LogP contribution in [-0.2, 0) is 4.79 Å². The van der Waals surface area contributed by atoms with Gasteiger partial charge in [0.1, 0.15) is 0 Å². The van der Waals surface area contributed by atoms with E-state index in [0.717, 1.165) is 23.9 Å². The minimum Gasteiger partial charge on any atom is -0.323 e. The summed E-state index contributed by atoms with van der Waals surface area (Å²) in [5, 5.41) is 6.51. The van der Waals surface area contributed by atoms with E-state index in [2.05, 4.69) is 26.6 Å². The lowest BCUT2D eigenvalue weighted by molar-refractivity contribution is -0.117. The maximum absolute atomic E-state index is 11.8. The summed E-state index contributed by atoms with van der Waals surface area (Å²) >= 11 is 9.33. The van der Waals surface area contributed by atoms with Gasteiger partial charge in [-0.2, -0.15) is 0 Å². The zero-order valence-corrected chi connectivity index (χ0v) is 10.9.